The number of hydrogen-bond acceptors (Lipinski definition) is 5. The smallest absolute Gasteiger partial charge is 0.311 e. The van der Waals surface area contributed by atoms with Crippen LogP contribution in [0.1, 0.15) is 18.4 Å². The first-order valence-electron chi connectivity index (χ1n) is 8.76. The zero-order valence-corrected chi connectivity index (χ0v) is 17.0. The van der Waals surface area contributed by atoms with Crippen molar-refractivity contribution in [2.75, 3.05) is 19.0 Å². The van der Waals surface area contributed by atoms with Gasteiger partial charge in [-0.15, -0.1) is 0 Å². The molecular formula is C21H19BrN2O4. The van der Waals surface area contributed by atoms with Crippen LogP contribution in [-0.4, -0.2) is 25.6 Å². The van der Waals surface area contributed by atoms with Gasteiger partial charge in [-0.2, -0.15) is 5.26 Å². The van der Waals surface area contributed by atoms with Crippen molar-refractivity contribution in [2.45, 2.75) is 12.8 Å². The molecule has 1 N–H and O–H groups in total. The summed E-state index contributed by atoms with van der Waals surface area (Å²) in [5.41, 5.74) is -0.253. The highest BCUT2D eigenvalue weighted by Gasteiger charge is 2.75. The highest BCUT2D eigenvalue weighted by Crippen LogP contribution is 2.65. The summed E-state index contributed by atoms with van der Waals surface area (Å²) in [6.07, 6.45) is 0. The molecule has 1 aliphatic carbocycles. The number of carbonyl (C=O) groups excluding carboxylic acids is 2. The molecule has 0 heterocycles. The Bertz CT molecular complexity index is 921. The molecule has 0 radical (unpaired) electrons. The maximum atomic E-state index is 13.1. The standard InChI is InChI=1S/C21H19BrN2O4/c1-3-28-19(25)18-17(13-4-6-14(22)7-5-13)21(18,12-23)20(26)24-15-8-10-16(27-2)11-9-15/h4-11,17-18H,3H2,1-2H3,(H,24,26)/t17-,18-,21+/m1/s1. The fourth-order valence-corrected chi connectivity index (χ4v) is 3.71. The molecule has 3 rings (SSSR count). The van der Waals surface area contributed by atoms with E-state index >= 15 is 0 Å². The van der Waals surface area contributed by atoms with Gasteiger partial charge < -0.3 is 14.8 Å². The van der Waals surface area contributed by atoms with Crippen LogP contribution in [0.4, 0.5) is 5.69 Å². The molecule has 3 atom stereocenters. The molecule has 28 heavy (non-hydrogen) atoms. The average molecular weight is 443 g/mol. The van der Waals surface area contributed by atoms with Crippen molar-refractivity contribution in [1.82, 2.24) is 0 Å². The molecule has 2 aromatic carbocycles. The van der Waals surface area contributed by atoms with Gasteiger partial charge in [0, 0.05) is 16.1 Å². The van der Waals surface area contributed by atoms with E-state index in [1.165, 1.54) is 0 Å². The van der Waals surface area contributed by atoms with E-state index in [9.17, 15) is 14.9 Å². The quantitative estimate of drug-likeness (QED) is 0.685. The predicted octanol–water partition coefficient (Wildman–Crippen LogP) is 3.88. The second kappa shape index (κ2) is 8.03. The second-order valence-electron chi connectivity index (χ2n) is 6.42. The Morgan fingerprint density at radius 1 is 1.18 bits per heavy atom. The molecule has 144 valence electrons. The summed E-state index contributed by atoms with van der Waals surface area (Å²) in [7, 11) is 1.55. The maximum Gasteiger partial charge on any atom is 0.311 e. The van der Waals surface area contributed by atoms with Gasteiger partial charge in [-0.05, 0) is 48.9 Å². The van der Waals surface area contributed by atoms with Crippen LogP contribution in [0.2, 0.25) is 0 Å². The van der Waals surface area contributed by atoms with Crippen molar-refractivity contribution in [3.8, 4) is 11.8 Å². The molecule has 2 aromatic rings. The van der Waals surface area contributed by atoms with Crippen LogP contribution >= 0.6 is 15.9 Å². The number of nitrogens with zero attached hydrogens (tertiary/aromatic N) is 1. The monoisotopic (exact) mass is 442 g/mol. The molecule has 1 aliphatic rings. The molecule has 6 nitrogen and oxygen atoms in total. The van der Waals surface area contributed by atoms with E-state index < -0.39 is 29.1 Å². The maximum absolute atomic E-state index is 13.1. The summed E-state index contributed by atoms with van der Waals surface area (Å²) in [5.74, 6) is -1.83. The highest BCUT2D eigenvalue weighted by atomic mass is 79.9. The minimum Gasteiger partial charge on any atom is -0.497 e. The number of esters is 1. The Labute approximate surface area is 171 Å². The number of carbonyl (C=O) groups is 2. The lowest BCUT2D eigenvalue weighted by atomic mass is 9.99. The van der Waals surface area contributed by atoms with Crippen molar-refractivity contribution in [3.63, 3.8) is 0 Å². The van der Waals surface area contributed by atoms with E-state index in [-0.39, 0.29) is 6.61 Å². The normalized spacial score (nSPS) is 22.6. The van der Waals surface area contributed by atoms with Gasteiger partial charge in [-0.3, -0.25) is 9.59 Å². The SMILES string of the molecule is CCOC(=O)[C@H]1[C@@H](c2ccc(Br)cc2)[C@]1(C#N)C(=O)Nc1ccc(OC)cc1. The number of anilines is 1. The lowest BCUT2D eigenvalue weighted by Crippen LogP contribution is -2.28. The summed E-state index contributed by atoms with van der Waals surface area (Å²) in [4.78, 5) is 25.6. The third-order valence-corrected chi connectivity index (χ3v) is 5.41. The summed E-state index contributed by atoms with van der Waals surface area (Å²) >= 11 is 3.37. The van der Waals surface area contributed by atoms with Crippen LogP contribution in [0.25, 0.3) is 0 Å². The lowest BCUT2D eigenvalue weighted by molar-refractivity contribution is -0.146. The Morgan fingerprint density at radius 3 is 2.36 bits per heavy atom. The fourth-order valence-electron chi connectivity index (χ4n) is 3.45. The molecule has 0 spiro atoms. The molecule has 7 heteroatoms. The number of halogens is 1. The predicted molar refractivity (Wildman–Crippen MR) is 107 cm³/mol. The minimum atomic E-state index is -1.51. The van der Waals surface area contributed by atoms with Crippen LogP contribution in [0.3, 0.4) is 0 Å². The van der Waals surface area contributed by atoms with E-state index in [2.05, 4.69) is 27.3 Å². The van der Waals surface area contributed by atoms with E-state index in [4.69, 9.17) is 9.47 Å². The zero-order valence-electron chi connectivity index (χ0n) is 15.4. The number of nitrogens with one attached hydrogen (secondary N) is 1. The number of rotatable bonds is 6. The molecule has 0 bridgehead atoms. The largest absolute Gasteiger partial charge is 0.497 e. The molecule has 0 aliphatic heterocycles. The summed E-state index contributed by atoms with van der Waals surface area (Å²) < 4.78 is 11.1. The Kier molecular flexibility index (Phi) is 5.71. The fraction of sp³-hybridized carbons (Fsp3) is 0.286. The van der Waals surface area contributed by atoms with E-state index in [0.717, 1.165) is 10.0 Å². The number of benzene rings is 2. The van der Waals surface area contributed by atoms with Gasteiger partial charge >= 0.3 is 5.97 Å². The summed E-state index contributed by atoms with van der Waals surface area (Å²) in [6.45, 7) is 1.88. The summed E-state index contributed by atoms with van der Waals surface area (Å²) in [6, 6.07) is 16.1. The van der Waals surface area contributed by atoms with Crippen LogP contribution in [0.15, 0.2) is 53.0 Å². The third-order valence-electron chi connectivity index (χ3n) is 4.88. The van der Waals surface area contributed by atoms with Gasteiger partial charge in [-0.1, -0.05) is 28.1 Å². The Hall–Kier alpha value is -2.85. The van der Waals surface area contributed by atoms with Gasteiger partial charge in [0.15, 0.2) is 5.41 Å². The van der Waals surface area contributed by atoms with E-state index in [1.807, 2.05) is 12.1 Å². The van der Waals surface area contributed by atoms with Gasteiger partial charge in [0.1, 0.15) is 5.75 Å². The average Bonchev–Trinajstić information content (AvgIpc) is 3.40. The first kappa shape index (κ1) is 19.9. The number of nitriles is 1. The topological polar surface area (TPSA) is 88.4 Å². The Balaban J connectivity index is 1.92. The summed E-state index contributed by atoms with van der Waals surface area (Å²) in [5, 5.41) is 12.7. The van der Waals surface area contributed by atoms with Crippen molar-refractivity contribution < 1.29 is 19.1 Å². The van der Waals surface area contributed by atoms with Crippen LogP contribution in [0, 0.1) is 22.7 Å². The number of ether oxygens (including phenoxy) is 2. The zero-order chi connectivity index (χ0) is 20.3. The van der Waals surface area contributed by atoms with Gasteiger partial charge in [-0.25, -0.2) is 0 Å². The molecule has 0 aromatic heterocycles. The Morgan fingerprint density at radius 2 is 1.82 bits per heavy atom. The number of hydrogen-bond donors (Lipinski definition) is 1. The van der Waals surface area contributed by atoms with Crippen molar-refractivity contribution >= 4 is 33.5 Å². The number of methoxy groups -OCH3 is 1. The highest BCUT2D eigenvalue weighted by molar-refractivity contribution is 9.10. The van der Waals surface area contributed by atoms with E-state index in [0.29, 0.717) is 11.4 Å². The lowest BCUT2D eigenvalue weighted by Gasteiger charge is -2.11. The van der Waals surface area contributed by atoms with Crippen LogP contribution < -0.4 is 10.1 Å². The molecule has 0 saturated heterocycles. The number of amides is 1. The van der Waals surface area contributed by atoms with Crippen LogP contribution in [0.5, 0.6) is 5.75 Å². The molecular weight excluding hydrogens is 424 g/mol. The molecule has 1 amide bonds. The van der Waals surface area contributed by atoms with Crippen molar-refractivity contribution in [1.29, 1.82) is 5.26 Å². The minimum absolute atomic E-state index is 0.185. The second-order valence-corrected chi connectivity index (χ2v) is 7.34. The van der Waals surface area contributed by atoms with Crippen LogP contribution in [-0.2, 0) is 14.3 Å². The van der Waals surface area contributed by atoms with Gasteiger partial charge in [0.25, 0.3) is 0 Å². The van der Waals surface area contributed by atoms with Gasteiger partial charge in [0.2, 0.25) is 5.91 Å². The first-order valence-corrected chi connectivity index (χ1v) is 9.56. The first-order chi connectivity index (χ1) is 13.5. The third kappa shape index (κ3) is 3.48. The van der Waals surface area contributed by atoms with E-state index in [1.54, 1.807) is 50.4 Å². The van der Waals surface area contributed by atoms with Crippen molar-refractivity contribution in [3.05, 3.63) is 58.6 Å². The molecule has 1 fully saturated rings. The van der Waals surface area contributed by atoms with Crippen molar-refractivity contribution in [2.24, 2.45) is 11.3 Å². The molecule has 1 saturated carbocycles. The molecule has 0 unspecified atom stereocenters. The van der Waals surface area contributed by atoms with Gasteiger partial charge in [0.05, 0.1) is 25.7 Å².